The predicted octanol–water partition coefficient (Wildman–Crippen LogP) is 4.96. The van der Waals surface area contributed by atoms with Crippen LogP contribution in [0, 0.1) is 0 Å². The lowest BCUT2D eigenvalue weighted by Crippen LogP contribution is -2.24. The fourth-order valence-electron chi connectivity index (χ4n) is 2.57. The lowest BCUT2D eigenvalue weighted by molar-refractivity contribution is 0.0950. The third-order valence-electron chi connectivity index (χ3n) is 3.92. The Hall–Kier alpha value is -1.51. The van der Waals surface area contributed by atoms with Crippen molar-refractivity contribution in [3.05, 3.63) is 29.8 Å². The summed E-state index contributed by atoms with van der Waals surface area (Å²) in [7, 11) is 1.59. The summed E-state index contributed by atoms with van der Waals surface area (Å²) >= 11 is 0. The quantitative estimate of drug-likeness (QED) is 0.554. The van der Waals surface area contributed by atoms with E-state index in [-0.39, 0.29) is 5.91 Å². The van der Waals surface area contributed by atoms with Crippen molar-refractivity contribution in [1.29, 1.82) is 0 Å². The normalized spacial score (nSPS) is 10.5. The third kappa shape index (κ3) is 7.48. The highest BCUT2D eigenvalue weighted by molar-refractivity contribution is 5.96. The lowest BCUT2D eigenvalue weighted by atomic mass is 10.1. The average Bonchev–Trinajstić information content (AvgIpc) is 2.56. The van der Waals surface area contributed by atoms with E-state index in [9.17, 15) is 4.79 Å². The topological polar surface area (TPSA) is 38.3 Å². The Kier molecular flexibility index (Phi) is 10.2. The van der Waals surface area contributed by atoms with Gasteiger partial charge in [0.25, 0.3) is 5.91 Å². The fraction of sp³-hybridized carbons (Fsp3) is 0.632. The molecule has 0 aliphatic heterocycles. The monoisotopic (exact) mass is 305 g/mol. The number of nitrogens with one attached hydrogen (secondary N) is 1. The molecular formula is C19H31NO2. The second kappa shape index (κ2) is 12.1. The molecule has 3 heteroatoms. The van der Waals surface area contributed by atoms with Crippen molar-refractivity contribution in [3.8, 4) is 5.75 Å². The van der Waals surface area contributed by atoms with Crippen molar-refractivity contribution in [2.45, 2.75) is 64.7 Å². The minimum atomic E-state index is -0.0444. The van der Waals surface area contributed by atoms with E-state index in [1.807, 2.05) is 18.2 Å². The van der Waals surface area contributed by atoms with Crippen molar-refractivity contribution in [2.24, 2.45) is 0 Å². The second-order valence-electron chi connectivity index (χ2n) is 5.78. The molecule has 0 aliphatic rings. The Bertz CT molecular complexity index is 418. The van der Waals surface area contributed by atoms with Gasteiger partial charge in [-0.25, -0.2) is 0 Å². The zero-order chi connectivity index (χ0) is 16.0. The maximum atomic E-state index is 12.1. The molecule has 0 aliphatic carbocycles. The maximum Gasteiger partial charge on any atom is 0.255 e. The Balaban J connectivity index is 2.06. The van der Waals surface area contributed by atoms with E-state index in [4.69, 9.17) is 4.74 Å². The van der Waals surface area contributed by atoms with Gasteiger partial charge in [0, 0.05) is 6.54 Å². The summed E-state index contributed by atoms with van der Waals surface area (Å²) in [4.78, 5) is 12.1. The smallest absolute Gasteiger partial charge is 0.255 e. The van der Waals surface area contributed by atoms with Gasteiger partial charge in [-0.2, -0.15) is 0 Å². The first-order valence-electron chi connectivity index (χ1n) is 8.70. The van der Waals surface area contributed by atoms with Crippen LogP contribution in [0.25, 0.3) is 0 Å². The molecule has 1 amide bonds. The molecule has 0 heterocycles. The number of carbonyl (C=O) groups excluding carboxylic acids is 1. The molecule has 0 spiro atoms. The molecular weight excluding hydrogens is 274 g/mol. The number of carbonyl (C=O) groups is 1. The van der Waals surface area contributed by atoms with Crippen LogP contribution in [0.2, 0.25) is 0 Å². The average molecular weight is 305 g/mol. The van der Waals surface area contributed by atoms with Gasteiger partial charge in [0.15, 0.2) is 0 Å². The molecule has 1 rings (SSSR count). The summed E-state index contributed by atoms with van der Waals surface area (Å²) < 4.78 is 5.21. The number of amides is 1. The van der Waals surface area contributed by atoms with Crippen molar-refractivity contribution < 1.29 is 9.53 Å². The van der Waals surface area contributed by atoms with E-state index in [1.54, 1.807) is 13.2 Å². The van der Waals surface area contributed by atoms with Gasteiger partial charge < -0.3 is 10.1 Å². The number of hydrogen-bond acceptors (Lipinski definition) is 2. The molecule has 0 atom stereocenters. The summed E-state index contributed by atoms with van der Waals surface area (Å²) in [5.74, 6) is 0.587. The van der Waals surface area contributed by atoms with E-state index in [0.717, 1.165) is 13.0 Å². The van der Waals surface area contributed by atoms with Crippen LogP contribution in [-0.4, -0.2) is 19.6 Å². The van der Waals surface area contributed by atoms with Crippen LogP contribution >= 0.6 is 0 Å². The second-order valence-corrected chi connectivity index (χ2v) is 5.78. The van der Waals surface area contributed by atoms with Crippen molar-refractivity contribution in [1.82, 2.24) is 5.32 Å². The minimum Gasteiger partial charge on any atom is -0.496 e. The first kappa shape index (κ1) is 18.5. The SMILES string of the molecule is CCCCCCCCCCCNC(=O)c1ccccc1OC. The summed E-state index contributed by atoms with van der Waals surface area (Å²) in [6, 6.07) is 7.34. The van der Waals surface area contributed by atoms with Gasteiger partial charge in [-0.1, -0.05) is 70.4 Å². The van der Waals surface area contributed by atoms with E-state index >= 15 is 0 Å². The molecule has 0 aromatic heterocycles. The first-order valence-corrected chi connectivity index (χ1v) is 8.70. The predicted molar refractivity (Wildman–Crippen MR) is 92.6 cm³/mol. The van der Waals surface area contributed by atoms with E-state index in [2.05, 4.69) is 12.2 Å². The van der Waals surface area contributed by atoms with Crippen molar-refractivity contribution in [3.63, 3.8) is 0 Å². The number of hydrogen-bond donors (Lipinski definition) is 1. The van der Waals surface area contributed by atoms with Crippen molar-refractivity contribution in [2.75, 3.05) is 13.7 Å². The van der Waals surface area contributed by atoms with Gasteiger partial charge in [-0.15, -0.1) is 0 Å². The van der Waals surface area contributed by atoms with Crippen LogP contribution < -0.4 is 10.1 Å². The van der Waals surface area contributed by atoms with Gasteiger partial charge in [-0.3, -0.25) is 4.79 Å². The Morgan fingerprint density at radius 3 is 2.18 bits per heavy atom. The van der Waals surface area contributed by atoms with Crippen LogP contribution in [-0.2, 0) is 0 Å². The summed E-state index contributed by atoms with van der Waals surface area (Å²) in [5.41, 5.74) is 0.612. The molecule has 3 nitrogen and oxygen atoms in total. The molecule has 1 aromatic rings. The molecule has 0 fully saturated rings. The first-order chi connectivity index (χ1) is 10.8. The van der Waals surface area contributed by atoms with E-state index in [1.165, 1.54) is 51.4 Å². The molecule has 0 saturated carbocycles. The third-order valence-corrected chi connectivity index (χ3v) is 3.92. The number of para-hydroxylation sites is 1. The summed E-state index contributed by atoms with van der Waals surface area (Å²) in [5, 5.41) is 2.97. The summed E-state index contributed by atoms with van der Waals surface area (Å²) in [6.45, 7) is 2.99. The summed E-state index contributed by atoms with van der Waals surface area (Å²) in [6.07, 6.45) is 11.6. The van der Waals surface area contributed by atoms with Gasteiger partial charge in [0.2, 0.25) is 0 Å². The molecule has 0 saturated heterocycles. The standard InChI is InChI=1S/C19H31NO2/c1-3-4-5-6-7-8-9-10-13-16-20-19(21)17-14-11-12-15-18(17)22-2/h11-12,14-15H,3-10,13,16H2,1-2H3,(H,20,21). The van der Waals surface area contributed by atoms with Crippen LogP contribution in [0.1, 0.15) is 75.1 Å². The molecule has 1 aromatic carbocycles. The fourth-order valence-corrected chi connectivity index (χ4v) is 2.57. The van der Waals surface area contributed by atoms with Crippen molar-refractivity contribution >= 4 is 5.91 Å². The number of rotatable bonds is 12. The molecule has 1 N–H and O–H groups in total. The van der Waals surface area contributed by atoms with Gasteiger partial charge in [0.05, 0.1) is 12.7 Å². The Morgan fingerprint density at radius 1 is 0.955 bits per heavy atom. The zero-order valence-corrected chi connectivity index (χ0v) is 14.2. The molecule has 0 radical (unpaired) electrons. The number of methoxy groups -OCH3 is 1. The molecule has 22 heavy (non-hydrogen) atoms. The van der Waals surface area contributed by atoms with Gasteiger partial charge in [-0.05, 0) is 18.6 Å². The Labute approximate surface area is 135 Å². The lowest BCUT2D eigenvalue weighted by Gasteiger charge is -2.09. The number of ether oxygens (including phenoxy) is 1. The highest BCUT2D eigenvalue weighted by Gasteiger charge is 2.10. The molecule has 0 bridgehead atoms. The number of unbranched alkanes of at least 4 members (excludes halogenated alkanes) is 8. The van der Waals surface area contributed by atoms with Crippen LogP contribution in [0.5, 0.6) is 5.75 Å². The van der Waals surface area contributed by atoms with E-state index < -0.39 is 0 Å². The largest absolute Gasteiger partial charge is 0.496 e. The highest BCUT2D eigenvalue weighted by Crippen LogP contribution is 2.16. The Morgan fingerprint density at radius 2 is 1.55 bits per heavy atom. The van der Waals surface area contributed by atoms with Gasteiger partial charge in [0.1, 0.15) is 5.75 Å². The highest BCUT2D eigenvalue weighted by atomic mass is 16.5. The van der Waals surface area contributed by atoms with Crippen LogP contribution in [0.3, 0.4) is 0 Å². The van der Waals surface area contributed by atoms with Crippen LogP contribution in [0.4, 0.5) is 0 Å². The minimum absolute atomic E-state index is 0.0444. The zero-order valence-electron chi connectivity index (χ0n) is 14.2. The maximum absolute atomic E-state index is 12.1. The number of benzene rings is 1. The molecule has 0 unspecified atom stereocenters. The van der Waals surface area contributed by atoms with Crippen LogP contribution in [0.15, 0.2) is 24.3 Å². The molecule has 124 valence electrons. The van der Waals surface area contributed by atoms with E-state index in [0.29, 0.717) is 11.3 Å². The van der Waals surface area contributed by atoms with Gasteiger partial charge >= 0.3 is 0 Å².